The van der Waals surface area contributed by atoms with Gasteiger partial charge in [0.25, 0.3) is 5.91 Å². The Kier molecular flexibility index (Phi) is 4.13. The van der Waals surface area contributed by atoms with Gasteiger partial charge < -0.3 is 15.2 Å². The number of hydrogen-bond donors (Lipinski definition) is 2. The highest BCUT2D eigenvalue weighted by Gasteiger charge is 2.35. The van der Waals surface area contributed by atoms with Gasteiger partial charge >= 0.3 is 0 Å². The van der Waals surface area contributed by atoms with E-state index in [1.165, 1.54) is 22.0 Å². The molecule has 4 heterocycles. The molecule has 2 aromatic carbocycles. The minimum Gasteiger partial charge on any atom is -0.348 e. The van der Waals surface area contributed by atoms with Crippen molar-refractivity contribution in [2.45, 2.75) is 39.3 Å². The number of aryl methyl sites for hydroxylation is 3. The van der Waals surface area contributed by atoms with E-state index in [0.717, 1.165) is 51.9 Å². The van der Waals surface area contributed by atoms with Crippen molar-refractivity contribution in [2.75, 3.05) is 5.32 Å². The van der Waals surface area contributed by atoms with Crippen LogP contribution in [0, 0.1) is 0 Å². The standard InChI is InChI=1S/C27H25N7O/c1-14(2)34-21-8-5-15(31-27-28-9-4-10-29-27)11-17(21)23-18-12-30-26(35)24(18)22-16(25(23)34)6-7-20-19(22)13-33(3)32-20/h4-5,8-11,13-14H,6-7,12H2,1-3H3,(H,30,35)(H,28,29,31). The molecule has 35 heavy (non-hydrogen) atoms. The highest BCUT2D eigenvalue weighted by molar-refractivity contribution is 6.20. The Hall–Kier alpha value is -4.20. The fourth-order valence-corrected chi connectivity index (χ4v) is 5.97. The summed E-state index contributed by atoms with van der Waals surface area (Å²) in [6.45, 7) is 4.98. The molecule has 0 unspecified atom stereocenters. The molecule has 0 atom stereocenters. The number of benzene rings is 2. The van der Waals surface area contributed by atoms with Crippen LogP contribution in [-0.4, -0.2) is 30.2 Å². The molecule has 0 spiro atoms. The van der Waals surface area contributed by atoms with Gasteiger partial charge in [-0.25, -0.2) is 9.97 Å². The molecule has 3 aromatic heterocycles. The zero-order chi connectivity index (χ0) is 23.8. The summed E-state index contributed by atoms with van der Waals surface area (Å²) in [5.41, 5.74) is 9.71. The third kappa shape index (κ3) is 2.79. The van der Waals surface area contributed by atoms with Gasteiger partial charge in [0.05, 0.1) is 16.8 Å². The first-order chi connectivity index (χ1) is 17.0. The Bertz CT molecular complexity index is 1680. The van der Waals surface area contributed by atoms with E-state index in [1.54, 1.807) is 18.5 Å². The molecular formula is C27H25N7O. The molecule has 0 saturated heterocycles. The van der Waals surface area contributed by atoms with Crippen LogP contribution in [0.1, 0.15) is 47.1 Å². The average molecular weight is 464 g/mol. The van der Waals surface area contributed by atoms with E-state index < -0.39 is 0 Å². The second-order valence-electron chi connectivity index (χ2n) is 9.67. The maximum Gasteiger partial charge on any atom is 0.252 e. The third-order valence-corrected chi connectivity index (χ3v) is 7.22. The van der Waals surface area contributed by atoms with Gasteiger partial charge in [0.1, 0.15) is 0 Å². The van der Waals surface area contributed by atoms with E-state index in [-0.39, 0.29) is 11.9 Å². The lowest BCUT2D eigenvalue weighted by atomic mass is 9.82. The lowest BCUT2D eigenvalue weighted by Gasteiger charge is -2.22. The van der Waals surface area contributed by atoms with Gasteiger partial charge in [-0.3, -0.25) is 9.48 Å². The van der Waals surface area contributed by atoms with Gasteiger partial charge in [-0.15, -0.1) is 0 Å². The van der Waals surface area contributed by atoms with Crippen LogP contribution < -0.4 is 10.6 Å². The molecule has 174 valence electrons. The van der Waals surface area contributed by atoms with Gasteiger partial charge in [-0.1, -0.05) is 0 Å². The van der Waals surface area contributed by atoms with Crippen LogP contribution in [0.3, 0.4) is 0 Å². The molecule has 8 nitrogen and oxygen atoms in total. The van der Waals surface area contributed by atoms with Crippen LogP contribution in [0.5, 0.6) is 0 Å². The normalized spacial score (nSPS) is 14.3. The number of carbonyl (C=O) groups excluding carboxylic acids is 1. The van der Waals surface area contributed by atoms with Gasteiger partial charge in [0.2, 0.25) is 5.95 Å². The summed E-state index contributed by atoms with van der Waals surface area (Å²) in [5, 5.41) is 13.4. The van der Waals surface area contributed by atoms with Crippen molar-refractivity contribution >= 4 is 39.3 Å². The largest absolute Gasteiger partial charge is 0.348 e. The van der Waals surface area contributed by atoms with E-state index in [2.05, 4.69) is 63.4 Å². The minimum absolute atomic E-state index is 0.00673. The Balaban J connectivity index is 1.59. The fourth-order valence-electron chi connectivity index (χ4n) is 5.97. The molecule has 7 rings (SSSR count). The van der Waals surface area contributed by atoms with Crippen molar-refractivity contribution in [2.24, 2.45) is 7.05 Å². The first-order valence-corrected chi connectivity index (χ1v) is 12.0. The number of anilines is 2. The van der Waals surface area contributed by atoms with Gasteiger partial charge in [0.15, 0.2) is 0 Å². The summed E-state index contributed by atoms with van der Waals surface area (Å²) in [6, 6.07) is 8.47. The first kappa shape index (κ1) is 20.2. The molecule has 1 amide bonds. The second-order valence-corrected chi connectivity index (χ2v) is 9.67. The van der Waals surface area contributed by atoms with E-state index in [0.29, 0.717) is 12.5 Å². The fraction of sp³-hybridized carbons (Fsp3) is 0.259. The van der Waals surface area contributed by atoms with E-state index in [1.807, 2.05) is 11.7 Å². The Labute approximate surface area is 202 Å². The van der Waals surface area contributed by atoms with Crippen molar-refractivity contribution in [3.8, 4) is 11.1 Å². The summed E-state index contributed by atoms with van der Waals surface area (Å²) in [7, 11) is 1.95. The highest BCUT2D eigenvalue weighted by atomic mass is 16.1. The number of nitrogens with zero attached hydrogens (tertiary/aromatic N) is 5. The summed E-state index contributed by atoms with van der Waals surface area (Å²) in [6.07, 6.45) is 7.25. The van der Waals surface area contributed by atoms with Crippen molar-refractivity contribution < 1.29 is 4.79 Å². The summed E-state index contributed by atoms with van der Waals surface area (Å²) >= 11 is 0. The van der Waals surface area contributed by atoms with Crippen molar-refractivity contribution in [3.63, 3.8) is 0 Å². The van der Waals surface area contributed by atoms with E-state index in [4.69, 9.17) is 5.10 Å². The van der Waals surface area contributed by atoms with Crippen LogP contribution >= 0.6 is 0 Å². The van der Waals surface area contributed by atoms with E-state index in [9.17, 15) is 4.79 Å². The smallest absolute Gasteiger partial charge is 0.252 e. The first-order valence-electron chi connectivity index (χ1n) is 12.0. The molecule has 2 aliphatic rings. The lowest BCUT2D eigenvalue weighted by molar-refractivity contribution is 0.0966. The quantitative estimate of drug-likeness (QED) is 0.407. The summed E-state index contributed by atoms with van der Waals surface area (Å²) < 4.78 is 4.31. The summed E-state index contributed by atoms with van der Waals surface area (Å²) in [5.74, 6) is 0.565. The van der Waals surface area contributed by atoms with Crippen LogP contribution in [-0.2, 0) is 26.4 Å². The number of hydrogen-bond acceptors (Lipinski definition) is 5. The SMILES string of the molecule is CC(C)n1c2ccc(Nc3ncccn3)cc2c2c3c(c4c(c21)CCc1nn(C)cc1-4)C(=O)NC3. The zero-order valence-corrected chi connectivity index (χ0v) is 19.9. The minimum atomic E-state index is 0.00673. The predicted molar refractivity (Wildman–Crippen MR) is 136 cm³/mol. The molecule has 1 aliphatic heterocycles. The zero-order valence-electron chi connectivity index (χ0n) is 19.9. The van der Waals surface area contributed by atoms with Crippen LogP contribution in [0.2, 0.25) is 0 Å². The van der Waals surface area contributed by atoms with Crippen LogP contribution in [0.4, 0.5) is 11.6 Å². The molecule has 1 aliphatic carbocycles. The molecule has 5 aromatic rings. The molecule has 0 saturated carbocycles. The highest BCUT2D eigenvalue weighted by Crippen LogP contribution is 2.47. The second kappa shape index (κ2) is 7.15. The Morgan fingerprint density at radius 1 is 1.09 bits per heavy atom. The van der Waals surface area contributed by atoms with Crippen molar-refractivity contribution in [1.29, 1.82) is 0 Å². The third-order valence-electron chi connectivity index (χ3n) is 7.22. The Morgan fingerprint density at radius 3 is 2.71 bits per heavy atom. The number of carbonyl (C=O) groups is 1. The molecule has 0 fully saturated rings. The number of rotatable bonds is 3. The topological polar surface area (TPSA) is 89.7 Å². The van der Waals surface area contributed by atoms with Gasteiger partial charge in [-0.05, 0) is 62.1 Å². The summed E-state index contributed by atoms with van der Waals surface area (Å²) in [4.78, 5) is 21.8. The van der Waals surface area contributed by atoms with Crippen LogP contribution in [0.25, 0.3) is 32.9 Å². The molecule has 2 N–H and O–H groups in total. The van der Waals surface area contributed by atoms with Crippen LogP contribution in [0.15, 0.2) is 42.9 Å². The molecule has 0 bridgehead atoms. The van der Waals surface area contributed by atoms with Gasteiger partial charge in [-0.2, -0.15) is 5.10 Å². The number of aromatic nitrogens is 5. The molecular weight excluding hydrogens is 438 g/mol. The lowest BCUT2D eigenvalue weighted by Crippen LogP contribution is -2.15. The monoisotopic (exact) mass is 463 g/mol. The van der Waals surface area contributed by atoms with Gasteiger partial charge in [0, 0.05) is 71.3 Å². The van der Waals surface area contributed by atoms with E-state index >= 15 is 0 Å². The Morgan fingerprint density at radius 2 is 1.91 bits per heavy atom. The molecule has 0 radical (unpaired) electrons. The number of amides is 1. The van der Waals surface area contributed by atoms with Crippen molar-refractivity contribution in [3.05, 3.63) is 65.2 Å². The predicted octanol–water partition coefficient (Wildman–Crippen LogP) is 4.65. The average Bonchev–Trinajstić information content (AvgIpc) is 3.51. The maximum absolute atomic E-state index is 13.2. The molecule has 8 heteroatoms. The van der Waals surface area contributed by atoms with Crippen molar-refractivity contribution in [1.82, 2.24) is 29.6 Å². The maximum atomic E-state index is 13.2. The number of fused-ring (bicyclic) bond motifs is 10. The number of nitrogens with one attached hydrogen (secondary N) is 2.